The summed E-state index contributed by atoms with van der Waals surface area (Å²) in [5.41, 5.74) is 0.940. The van der Waals surface area contributed by atoms with E-state index < -0.39 is 0 Å². The normalized spacial score (nSPS) is 10.1. The van der Waals surface area contributed by atoms with Crippen molar-refractivity contribution >= 4 is 21.7 Å². The minimum absolute atomic E-state index is 0.454. The zero-order valence-corrected chi connectivity index (χ0v) is 11.0. The number of pyridine rings is 1. The molecule has 88 valence electrons. The monoisotopic (exact) mass is 294 g/mol. The topological polar surface area (TPSA) is 59.9 Å². The van der Waals surface area contributed by atoms with E-state index in [9.17, 15) is 0 Å². The summed E-state index contributed by atoms with van der Waals surface area (Å²) in [5, 5.41) is 2.94. The van der Waals surface area contributed by atoms with Crippen LogP contribution in [0.5, 0.6) is 11.6 Å². The minimum atomic E-state index is 0.454. The van der Waals surface area contributed by atoms with Crippen molar-refractivity contribution in [3.8, 4) is 11.6 Å². The Bertz CT molecular complexity index is 515. The van der Waals surface area contributed by atoms with Crippen LogP contribution in [0.15, 0.2) is 29.1 Å². The number of hydrogen-bond acceptors (Lipinski definition) is 5. The zero-order chi connectivity index (χ0) is 12.3. The van der Waals surface area contributed by atoms with Gasteiger partial charge in [-0.1, -0.05) is 0 Å². The standard InChI is InChI=1S/C11H11BrN4O/c1-7-3-4-8(5-14-7)17-11-9(12)10(13-2)15-6-16-11/h3-6H,1-2H3,(H,13,15,16). The van der Waals surface area contributed by atoms with Crippen LogP contribution in [0.2, 0.25) is 0 Å². The molecule has 0 unspecified atom stereocenters. The molecule has 0 fully saturated rings. The van der Waals surface area contributed by atoms with Crippen molar-refractivity contribution in [3.05, 3.63) is 34.8 Å². The molecule has 0 atom stereocenters. The van der Waals surface area contributed by atoms with Gasteiger partial charge in [-0.3, -0.25) is 4.98 Å². The third-order valence-electron chi connectivity index (χ3n) is 2.09. The Kier molecular flexibility index (Phi) is 3.53. The highest BCUT2D eigenvalue weighted by atomic mass is 79.9. The predicted molar refractivity (Wildman–Crippen MR) is 68.3 cm³/mol. The van der Waals surface area contributed by atoms with Crippen LogP contribution in [0.1, 0.15) is 5.69 Å². The SMILES string of the molecule is CNc1ncnc(Oc2ccc(C)nc2)c1Br. The van der Waals surface area contributed by atoms with Crippen molar-refractivity contribution in [1.29, 1.82) is 0 Å². The lowest BCUT2D eigenvalue weighted by Gasteiger charge is -2.08. The van der Waals surface area contributed by atoms with Gasteiger partial charge in [-0.05, 0) is 35.0 Å². The van der Waals surface area contributed by atoms with E-state index >= 15 is 0 Å². The summed E-state index contributed by atoms with van der Waals surface area (Å²) in [7, 11) is 1.78. The molecule has 0 radical (unpaired) electrons. The smallest absolute Gasteiger partial charge is 0.238 e. The van der Waals surface area contributed by atoms with E-state index in [1.807, 2.05) is 19.1 Å². The summed E-state index contributed by atoms with van der Waals surface area (Å²) in [4.78, 5) is 12.3. The van der Waals surface area contributed by atoms with Crippen molar-refractivity contribution in [2.45, 2.75) is 6.92 Å². The van der Waals surface area contributed by atoms with Gasteiger partial charge in [-0.2, -0.15) is 0 Å². The second-order valence-electron chi connectivity index (χ2n) is 3.33. The van der Waals surface area contributed by atoms with Gasteiger partial charge >= 0.3 is 0 Å². The molecule has 2 aromatic rings. The Hall–Kier alpha value is -1.69. The molecule has 0 saturated heterocycles. The fourth-order valence-corrected chi connectivity index (χ4v) is 1.71. The Labute approximate surface area is 107 Å². The van der Waals surface area contributed by atoms with Crippen molar-refractivity contribution in [2.24, 2.45) is 0 Å². The molecule has 0 aliphatic carbocycles. The van der Waals surface area contributed by atoms with Crippen LogP contribution >= 0.6 is 15.9 Å². The Morgan fingerprint density at radius 2 is 2.06 bits per heavy atom. The van der Waals surface area contributed by atoms with Gasteiger partial charge in [0.15, 0.2) is 0 Å². The van der Waals surface area contributed by atoms with Gasteiger partial charge < -0.3 is 10.1 Å². The van der Waals surface area contributed by atoms with Gasteiger partial charge in [0.2, 0.25) is 5.88 Å². The molecule has 0 saturated carbocycles. The van der Waals surface area contributed by atoms with Gasteiger partial charge in [0.05, 0.1) is 6.20 Å². The van der Waals surface area contributed by atoms with E-state index in [1.54, 1.807) is 13.2 Å². The first-order chi connectivity index (χ1) is 8.20. The van der Waals surface area contributed by atoms with Crippen LogP contribution in [-0.4, -0.2) is 22.0 Å². The first-order valence-corrected chi connectivity index (χ1v) is 5.79. The van der Waals surface area contributed by atoms with Crippen LogP contribution in [0.25, 0.3) is 0 Å². The minimum Gasteiger partial charge on any atom is -0.436 e. The van der Waals surface area contributed by atoms with Crippen molar-refractivity contribution < 1.29 is 4.74 Å². The number of anilines is 1. The number of halogens is 1. The number of hydrogen-bond donors (Lipinski definition) is 1. The van der Waals surface area contributed by atoms with Crippen LogP contribution in [0, 0.1) is 6.92 Å². The summed E-state index contributed by atoms with van der Waals surface area (Å²) in [5.74, 6) is 1.77. The zero-order valence-electron chi connectivity index (χ0n) is 9.44. The van der Waals surface area contributed by atoms with E-state index in [0.717, 1.165) is 5.69 Å². The van der Waals surface area contributed by atoms with Gasteiger partial charge in [0.1, 0.15) is 22.4 Å². The van der Waals surface area contributed by atoms with Crippen LogP contribution in [0.4, 0.5) is 5.82 Å². The Morgan fingerprint density at radius 3 is 2.71 bits per heavy atom. The first-order valence-electron chi connectivity index (χ1n) is 4.99. The van der Waals surface area contributed by atoms with Gasteiger partial charge in [-0.25, -0.2) is 9.97 Å². The maximum Gasteiger partial charge on any atom is 0.238 e. The molecule has 5 nitrogen and oxygen atoms in total. The van der Waals surface area contributed by atoms with E-state index in [2.05, 4.69) is 36.2 Å². The largest absolute Gasteiger partial charge is 0.436 e. The van der Waals surface area contributed by atoms with Crippen LogP contribution in [0.3, 0.4) is 0 Å². The second-order valence-corrected chi connectivity index (χ2v) is 4.12. The highest BCUT2D eigenvalue weighted by molar-refractivity contribution is 9.10. The first kappa shape index (κ1) is 11.8. The highest BCUT2D eigenvalue weighted by Crippen LogP contribution is 2.31. The van der Waals surface area contributed by atoms with E-state index in [-0.39, 0.29) is 0 Å². The molecule has 17 heavy (non-hydrogen) atoms. The highest BCUT2D eigenvalue weighted by Gasteiger charge is 2.09. The molecule has 2 rings (SSSR count). The Morgan fingerprint density at radius 1 is 1.24 bits per heavy atom. The molecule has 6 heteroatoms. The average molecular weight is 295 g/mol. The number of aromatic nitrogens is 3. The fraction of sp³-hybridized carbons (Fsp3) is 0.182. The molecule has 0 amide bonds. The molecule has 2 aromatic heterocycles. The number of rotatable bonds is 3. The van der Waals surface area contributed by atoms with Crippen LogP contribution in [-0.2, 0) is 0 Å². The number of ether oxygens (including phenoxy) is 1. The second kappa shape index (κ2) is 5.09. The lowest BCUT2D eigenvalue weighted by molar-refractivity contribution is 0.456. The van der Waals surface area contributed by atoms with Crippen molar-refractivity contribution in [2.75, 3.05) is 12.4 Å². The summed E-state index contributed by atoms with van der Waals surface area (Å²) in [6, 6.07) is 3.72. The summed E-state index contributed by atoms with van der Waals surface area (Å²) in [6.07, 6.45) is 3.09. The fourth-order valence-electron chi connectivity index (χ4n) is 1.23. The molecule has 0 aliphatic heterocycles. The number of nitrogens with zero attached hydrogens (tertiary/aromatic N) is 3. The molecule has 0 bridgehead atoms. The van der Waals surface area contributed by atoms with Crippen molar-refractivity contribution in [1.82, 2.24) is 15.0 Å². The summed E-state index contributed by atoms with van der Waals surface area (Å²) < 4.78 is 6.29. The third kappa shape index (κ3) is 2.71. The predicted octanol–water partition coefficient (Wildman–Crippen LogP) is 2.78. The average Bonchev–Trinajstić information content (AvgIpc) is 2.35. The number of nitrogens with one attached hydrogen (secondary N) is 1. The van der Waals surface area contributed by atoms with E-state index in [4.69, 9.17) is 4.74 Å². The van der Waals surface area contributed by atoms with E-state index in [1.165, 1.54) is 6.33 Å². The molecule has 0 aromatic carbocycles. The van der Waals surface area contributed by atoms with Crippen molar-refractivity contribution in [3.63, 3.8) is 0 Å². The molecule has 2 heterocycles. The van der Waals surface area contributed by atoms with Crippen LogP contribution < -0.4 is 10.1 Å². The maximum absolute atomic E-state index is 5.61. The summed E-state index contributed by atoms with van der Waals surface area (Å²) in [6.45, 7) is 1.92. The van der Waals surface area contributed by atoms with Gasteiger partial charge in [0, 0.05) is 12.7 Å². The molecular formula is C11H11BrN4O. The molecule has 0 aliphatic rings. The maximum atomic E-state index is 5.61. The third-order valence-corrected chi connectivity index (χ3v) is 2.81. The van der Waals surface area contributed by atoms with Gasteiger partial charge in [0.25, 0.3) is 0 Å². The molecule has 1 N–H and O–H groups in total. The lowest BCUT2D eigenvalue weighted by atomic mass is 10.4. The Balaban J connectivity index is 2.27. The number of aryl methyl sites for hydroxylation is 1. The van der Waals surface area contributed by atoms with E-state index in [0.29, 0.717) is 21.9 Å². The van der Waals surface area contributed by atoms with Gasteiger partial charge in [-0.15, -0.1) is 0 Å². The lowest BCUT2D eigenvalue weighted by Crippen LogP contribution is -1.97. The molecule has 0 spiro atoms. The quantitative estimate of drug-likeness (QED) is 0.943. The summed E-state index contributed by atoms with van der Waals surface area (Å²) >= 11 is 3.38. The molecular weight excluding hydrogens is 284 g/mol.